The third kappa shape index (κ3) is 2.80. The lowest BCUT2D eigenvalue weighted by molar-refractivity contribution is 0.567. The van der Waals surface area contributed by atoms with Crippen LogP contribution in [0.4, 0.5) is 8.78 Å². The summed E-state index contributed by atoms with van der Waals surface area (Å²) in [5, 5.41) is 0. The molecule has 0 saturated carbocycles. The van der Waals surface area contributed by atoms with Gasteiger partial charge in [-0.1, -0.05) is 26.8 Å². The van der Waals surface area contributed by atoms with Crippen LogP contribution in [0, 0.1) is 18.6 Å². The average molecular weight is 261 g/mol. The highest BCUT2D eigenvalue weighted by atomic mass is 19.1. The van der Waals surface area contributed by atoms with Crippen molar-refractivity contribution < 1.29 is 8.78 Å². The summed E-state index contributed by atoms with van der Waals surface area (Å²) >= 11 is 0. The first-order valence-electron chi connectivity index (χ1n) is 6.22. The molecule has 3 heteroatoms. The molecule has 0 fully saturated rings. The normalized spacial score (nSPS) is 11.7. The predicted octanol–water partition coefficient (Wildman–Crippen LogP) is 4.63. The van der Waals surface area contributed by atoms with E-state index in [9.17, 15) is 8.78 Å². The monoisotopic (exact) mass is 261 g/mol. The van der Waals surface area contributed by atoms with Gasteiger partial charge in [-0.05, 0) is 30.7 Å². The fourth-order valence-electron chi connectivity index (χ4n) is 2.02. The summed E-state index contributed by atoms with van der Waals surface area (Å²) in [6.07, 6.45) is 0. The summed E-state index contributed by atoms with van der Waals surface area (Å²) in [5.41, 5.74) is 2.24. The van der Waals surface area contributed by atoms with Gasteiger partial charge in [0.05, 0.1) is 5.69 Å². The highest BCUT2D eigenvalue weighted by Crippen LogP contribution is 2.28. The zero-order valence-corrected chi connectivity index (χ0v) is 11.6. The lowest BCUT2D eigenvalue weighted by Crippen LogP contribution is -2.13. The van der Waals surface area contributed by atoms with Crippen molar-refractivity contribution in [3.8, 4) is 11.3 Å². The second-order valence-corrected chi connectivity index (χ2v) is 5.74. The van der Waals surface area contributed by atoms with E-state index in [1.54, 1.807) is 13.0 Å². The number of hydrogen-bond donors (Lipinski definition) is 0. The van der Waals surface area contributed by atoms with Gasteiger partial charge >= 0.3 is 0 Å². The van der Waals surface area contributed by atoms with E-state index in [0.717, 1.165) is 11.8 Å². The molecule has 2 aromatic rings. The fraction of sp³-hybridized carbons (Fsp3) is 0.312. The minimum Gasteiger partial charge on any atom is -0.252 e. The minimum absolute atomic E-state index is 0.111. The van der Waals surface area contributed by atoms with Gasteiger partial charge < -0.3 is 0 Å². The SMILES string of the molecule is Cc1cc(F)cc(F)c1-c1cccc(C(C)(C)C)n1. The number of halogens is 2. The maximum atomic E-state index is 13.9. The molecule has 0 aliphatic rings. The smallest absolute Gasteiger partial charge is 0.135 e. The van der Waals surface area contributed by atoms with E-state index in [2.05, 4.69) is 4.98 Å². The summed E-state index contributed by atoms with van der Waals surface area (Å²) in [6, 6.07) is 7.74. The number of nitrogens with zero attached hydrogens (tertiary/aromatic N) is 1. The molecule has 19 heavy (non-hydrogen) atoms. The quantitative estimate of drug-likeness (QED) is 0.729. The van der Waals surface area contributed by atoms with Crippen LogP contribution in [-0.2, 0) is 5.41 Å². The van der Waals surface area contributed by atoms with Gasteiger partial charge in [-0.2, -0.15) is 0 Å². The number of hydrogen-bond acceptors (Lipinski definition) is 1. The van der Waals surface area contributed by atoms with Gasteiger partial charge in [0.25, 0.3) is 0 Å². The fourth-order valence-corrected chi connectivity index (χ4v) is 2.02. The molecule has 100 valence electrons. The summed E-state index contributed by atoms with van der Waals surface area (Å²) < 4.78 is 27.1. The number of aromatic nitrogens is 1. The largest absolute Gasteiger partial charge is 0.252 e. The van der Waals surface area contributed by atoms with E-state index >= 15 is 0 Å². The zero-order valence-electron chi connectivity index (χ0n) is 11.6. The highest BCUT2D eigenvalue weighted by Gasteiger charge is 2.18. The van der Waals surface area contributed by atoms with E-state index in [1.807, 2.05) is 32.9 Å². The molecule has 0 unspecified atom stereocenters. The summed E-state index contributed by atoms with van der Waals surface area (Å²) in [5.74, 6) is -1.14. The Morgan fingerprint density at radius 3 is 2.32 bits per heavy atom. The van der Waals surface area contributed by atoms with Crippen LogP contribution in [0.25, 0.3) is 11.3 Å². The van der Waals surface area contributed by atoms with Gasteiger partial charge in [-0.15, -0.1) is 0 Å². The van der Waals surface area contributed by atoms with Crippen molar-refractivity contribution in [2.45, 2.75) is 33.1 Å². The molecule has 0 spiro atoms. The van der Waals surface area contributed by atoms with Crippen LogP contribution >= 0.6 is 0 Å². The average Bonchev–Trinajstić information content (AvgIpc) is 2.26. The van der Waals surface area contributed by atoms with E-state index in [1.165, 1.54) is 6.07 Å². The van der Waals surface area contributed by atoms with Crippen molar-refractivity contribution in [2.24, 2.45) is 0 Å². The zero-order chi connectivity index (χ0) is 14.2. The molecular weight excluding hydrogens is 244 g/mol. The molecule has 1 aromatic heterocycles. The Bertz CT molecular complexity index is 589. The van der Waals surface area contributed by atoms with Gasteiger partial charge in [0.2, 0.25) is 0 Å². The molecule has 0 radical (unpaired) electrons. The Morgan fingerprint density at radius 1 is 1.05 bits per heavy atom. The molecule has 1 nitrogen and oxygen atoms in total. The maximum Gasteiger partial charge on any atom is 0.135 e. The summed E-state index contributed by atoms with van der Waals surface area (Å²) in [4.78, 5) is 4.50. The Morgan fingerprint density at radius 2 is 1.74 bits per heavy atom. The van der Waals surface area contributed by atoms with Crippen LogP contribution in [0.3, 0.4) is 0 Å². The lowest BCUT2D eigenvalue weighted by atomic mass is 9.91. The molecule has 0 bridgehead atoms. The Hall–Kier alpha value is -1.77. The molecule has 0 amide bonds. The van der Waals surface area contributed by atoms with Gasteiger partial charge in [0.1, 0.15) is 11.6 Å². The second kappa shape index (κ2) is 4.72. The van der Waals surface area contributed by atoms with E-state index in [0.29, 0.717) is 16.8 Å². The predicted molar refractivity (Wildman–Crippen MR) is 73.0 cm³/mol. The summed E-state index contributed by atoms with van der Waals surface area (Å²) in [6.45, 7) is 7.83. The third-order valence-electron chi connectivity index (χ3n) is 3.03. The van der Waals surface area contributed by atoms with E-state index in [-0.39, 0.29) is 5.41 Å². The second-order valence-electron chi connectivity index (χ2n) is 5.74. The lowest BCUT2D eigenvalue weighted by Gasteiger charge is -2.19. The van der Waals surface area contributed by atoms with Crippen LogP contribution in [0.2, 0.25) is 0 Å². The molecule has 2 rings (SSSR count). The molecular formula is C16H17F2N. The Balaban J connectivity index is 2.60. The maximum absolute atomic E-state index is 13.9. The number of benzene rings is 1. The first-order valence-corrected chi connectivity index (χ1v) is 6.22. The molecule has 1 aromatic carbocycles. The van der Waals surface area contributed by atoms with Crippen molar-refractivity contribution in [2.75, 3.05) is 0 Å². The molecule has 0 atom stereocenters. The topological polar surface area (TPSA) is 12.9 Å². The van der Waals surface area contributed by atoms with Crippen molar-refractivity contribution in [3.05, 3.63) is 53.2 Å². The van der Waals surface area contributed by atoms with Crippen LogP contribution < -0.4 is 0 Å². The number of pyridine rings is 1. The van der Waals surface area contributed by atoms with Crippen molar-refractivity contribution in [3.63, 3.8) is 0 Å². The Labute approximate surface area is 112 Å². The first kappa shape index (κ1) is 13.7. The van der Waals surface area contributed by atoms with Gasteiger partial charge in [-0.3, -0.25) is 4.98 Å². The van der Waals surface area contributed by atoms with Crippen molar-refractivity contribution >= 4 is 0 Å². The Kier molecular flexibility index (Phi) is 3.40. The molecule has 0 saturated heterocycles. The minimum atomic E-state index is -0.573. The molecule has 0 N–H and O–H groups in total. The van der Waals surface area contributed by atoms with Gasteiger partial charge in [0, 0.05) is 22.7 Å². The van der Waals surface area contributed by atoms with Crippen LogP contribution in [0.15, 0.2) is 30.3 Å². The van der Waals surface area contributed by atoms with Crippen LogP contribution in [0.5, 0.6) is 0 Å². The summed E-state index contributed by atoms with van der Waals surface area (Å²) in [7, 11) is 0. The van der Waals surface area contributed by atoms with Crippen molar-refractivity contribution in [1.29, 1.82) is 0 Å². The number of aryl methyl sites for hydroxylation is 1. The van der Waals surface area contributed by atoms with Crippen LogP contribution in [-0.4, -0.2) is 4.98 Å². The van der Waals surface area contributed by atoms with Crippen molar-refractivity contribution in [1.82, 2.24) is 4.98 Å². The molecule has 0 aliphatic heterocycles. The number of rotatable bonds is 1. The van der Waals surface area contributed by atoms with Gasteiger partial charge in [0.15, 0.2) is 0 Å². The van der Waals surface area contributed by atoms with Crippen LogP contribution in [0.1, 0.15) is 32.0 Å². The van der Waals surface area contributed by atoms with Gasteiger partial charge in [-0.25, -0.2) is 8.78 Å². The standard InChI is InChI=1S/C16H17F2N/c1-10-8-11(17)9-12(18)15(10)13-6-5-7-14(19-13)16(2,3)4/h5-9H,1-4H3. The van der Waals surface area contributed by atoms with E-state index in [4.69, 9.17) is 0 Å². The molecule has 0 aliphatic carbocycles. The highest BCUT2D eigenvalue weighted by molar-refractivity contribution is 5.64. The van der Waals surface area contributed by atoms with E-state index < -0.39 is 11.6 Å². The first-order chi connectivity index (χ1) is 8.79. The third-order valence-corrected chi connectivity index (χ3v) is 3.03. The molecule has 1 heterocycles.